The second-order valence-electron chi connectivity index (χ2n) is 3.10. The summed E-state index contributed by atoms with van der Waals surface area (Å²) in [5.74, 6) is -1.43. The van der Waals surface area contributed by atoms with Crippen LogP contribution in [-0.2, 0) is 9.59 Å². The molecule has 0 aliphatic rings. The SMILES string of the molecule is NC(=O)C=Cc1ccc(Cl)cc1OCC(=O)O. The van der Waals surface area contributed by atoms with Crippen molar-refractivity contribution in [1.82, 2.24) is 0 Å². The van der Waals surface area contributed by atoms with Gasteiger partial charge in [0.05, 0.1) is 0 Å². The number of amides is 1. The van der Waals surface area contributed by atoms with Crippen molar-refractivity contribution < 1.29 is 19.4 Å². The molecule has 0 radical (unpaired) electrons. The topological polar surface area (TPSA) is 89.6 Å². The zero-order valence-electron chi connectivity index (χ0n) is 8.72. The van der Waals surface area contributed by atoms with Gasteiger partial charge in [0.15, 0.2) is 6.61 Å². The Morgan fingerprint density at radius 2 is 2.18 bits per heavy atom. The van der Waals surface area contributed by atoms with E-state index in [4.69, 9.17) is 27.2 Å². The standard InChI is InChI=1S/C11H10ClNO4/c12-8-3-1-7(2-4-10(13)14)9(5-8)17-6-11(15)16/h1-5H,6H2,(H2,13,14)(H,15,16). The van der Waals surface area contributed by atoms with Gasteiger partial charge in [0.25, 0.3) is 0 Å². The minimum Gasteiger partial charge on any atom is -0.481 e. The number of hydrogen-bond acceptors (Lipinski definition) is 3. The fourth-order valence-corrected chi connectivity index (χ4v) is 1.24. The van der Waals surface area contributed by atoms with Gasteiger partial charge in [-0.3, -0.25) is 4.79 Å². The first kappa shape index (κ1) is 13.1. The van der Waals surface area contributed by atoms with Gasteiger partial charge in [-0.05, 0) is 24.3 Å². The number of aliphatic carboxylic acids is 1. The van der Waals surface area contributed by atoms with Crippen LogP contribution in [0.25, 0.3) is 6.08 Å². The van der Waals surface area contributed by atoms with Gasteiger partial charge in [0.2, 0.25) is 5.91 Å². The molecule has 0 unspecified atom stereocenters. The third kappa shape index (κ3) is 4.56. The summed E-state index contributed by atoms with van der Waals surface area (Å²) in [6.45, 7) is -0.488. The van der Waals surface area contributed by atoms with Crippen molar-refractivity contribution >= 4 is 29.6 Å². The summed E-state index contributed by atoms with van der Waals surface area (Å²) in [7, 11) is 0. The number of ether oxygens (including phenoxy) is 1. The van der Waals surface area contributed by atoms with Gasteiger partial charge in [-0.25, -0.2) is 4.79 Å². The number of carboxylic acids is 1. The molecule has 6 heteroatoms. The Balaban J connectivity index is 2.95. The van der Waals surface area contributed by atoms with Gasteiger partial charge in [-0.2, -0.15) is 0 Å². The highest BCUT2D eigenvalue weighted by Gasteiger charge is 2.05. The molecule has 1 rings (SSSR count). The quantitative estimate of drug-likeness (QED) is 0.776. The zero-order valence-corrected chi connectivity index (χ0v) is 9.48. The molecule has 0 atom stereocenters. The fourth-order valence-electron chi connectivity index (χ4n) is 1.08. The normalized spacial score (nSPS) is 10.4. The van der Waals surface area contributed by atoms with Gasteiger partial charge in [0, 0.05) is 16.7 Å². The first-order chi connectivity index (χ1) is 7.99. The molecule has 1 amide bonds. The summed E-state index contributed by atoms with van der Waals surface area (Å²) in [6, 6.07) is 4.65. The van der Waals surface area contributed by atoms with Crippen LogP contribution in [0.2, 0.25) is 5.02 Å². The number of carbonyl (C=O) groups is 2. The molecule has 0 heterocycles. The highest BCUT2D eigenvalue weighted by molar-refractivity contribution is 6.30. The van der Waals surface area contributed by atoms with Crippen LogP contribution < -0.4 is 10.5 Å². The second kappa shape index (κ2) is 5.91. The summed E-state index contributed by atoms with van der Waals surface area (Å²) >= 11 is 5.75. The van der Waals surface area contributed by atoms with Crippen LogP contribution in [0.3, 0.4) is 0 Å². The molecule has 1 aromatic carbocycles. The maximum Gasteiger partial charge on any atom is 0.341 e. The summed E-state index contributed by atoms with van der Waals surface area (Å²) in [5, 5.41) is 8.91. The van der Waals surface area contributed by atoms with Crippen molar-refractivity contribution in [3.63, 3.8) is 0 Å². The number of benzene rings is 1. The lowest BCUT2D eigenvalue weighted by molar-refractivity contribution is -0.139. The molecular weight excluding hydrogens is 246 g/mol. The third-order valence-corrected chi connectivity index (χ3v) is 1.99. The van der Waals surface area contributed by atoms with Crippen LogP contribution in [0.15, 0.2) is 24.3 Å². The molecule has 0 bridgehead atoms. The van der Waals surface area contributed by atoms with Crippen LogP contribution >= 0.6 is 11.6 Å². The highest BCUT2D eigenvalue weighted by Crippen LogP contribution is 2.24. The zero-order chi connectivity index (χ0) is 12.8. The highest BCUT2D eigenvalue weighted by atomic mass is 35.5. The van der Waals surface area contributed by atoms with Crippen molar-refractivity contribution in [2.75, 3.05) is 6.61 Å². The number of carboxylic acid groups (broad SMARTS) is 1. The van der Waals surface area contributed by atoms with Gasteiger partial charge >= 0.3 is 5.97 Å². The maximum absolute atomic E-state index is 10.6. The molecule has 0 saturated carbocycles. The lowest BCUT2D eigenvalue weighted by Crippen LogP contribution is -2.10. The monoisotopic (exact) mass is 255 g/mol. The molecule has 0 fully saturated rings. The number of nitrogens with two attached hydrogens (primary N) is 1. The van der Waals surface area contributed by atoms with Gasteiger partial charge < -0.3 is 15.6 Å². The van der Waals surface area contributed by atoms with Crippen LogP contribution in [0.4, 0.5) is 0 Å². The van der Waals surface area contributed by atoms with E-state index in [9.17, 15) is 9.59 Å². The van der Waals surface area contributed by atoms with Crippen LogP contribution in [0, 0.1) is 0 Å². The fraction of sp³-hybridized carbons (Fsp3) is 0.0909. The van der Waals surface area contributed by atoms with Gasteiger partial charge in [-0.1, -0.05) is 11.6 Å². The molecule has 0 saturated heterocycles. The van der Waals surface area contributed by atoms with E-state index in [0.29, 0.717) is 10.6 Å². The van der Waals surface area contributed by atoms with Crippen molar-refractivity contribution in [1.29, 1.82) is 0 Å². The number of carbonyl (C=O) groups excluding carboxylic acids is 1. The first-order valence-electron chi connectivity index (χ1n) is 4.60. The van der Waals surface area contributed by atoms with Gasteiger partial charge in [0.1, 0.15) is 5.75 Å². The third-order valence-electron chi connectivity index (χ3n) is 1.75. The van der Waals surface area contributed by atoms with E-state index in [0.717, 1.165) is 6.08 Å². The van der Waals surface area contributed by atoms with Gasteiger partial charge in [-0.15, -0.1) is 0 Å². The smallest absolute Gasteiger partial charge is 0.341 e. The Morgan fingerprint density at radius 1 is 1.47 bits per heavy atom. The lowest BCUT2D eigenvalue weighted by atomic mass is 10.2. The number of hydrogen-bond donors (Lipinski definition) is 2. The first-order valence-corrected chi connectivity index (χ1v) is 4.98. The average Bonchev–Trinajstić information content (AvgIpc) is 2.24. The van der Waals surface area contributed by atoms with E-state index < -0.39 is 18.5 Å². The minimum atomic E-state index is -1.10. The Kier molecular flexibility index (Phi) is 4.54. The predicted octanol–water partition coefficient (Wildman–Crippen LogP) is 1.30. The van der Waals surface area contributed by atoms with E-state index in [1.165, 1.54) is 12.1 Å². The van der Waals surface area contributed by atoms with Crippen LogP contribution in [-0.4, -0.2) is 23.6 Å². The van der Waals surface area contributed by atoms with E-state index in [1.807, 2.05) is 0 Å². The van der Waals surface area contributed by atoms with E-state index in [1.54, 1.807) is 12.1 Å². The van der Waals surface area contributed by atoms with Crippen LogP contribution in [0.1, 0.15) is 5.56 Å². The molecule has 17 heavy (non-hydrogen) atoms. The van der Waals surface area contributed by atoms with Crippen molar-refractivity contribution in [3.8, 4) is 5.75 Å². The summed E-state index contributed by atoms with van der Waals surface area (Å²) in [6.07, 6.45) is 2.58. The number of rotatable bonds is 5. The predicted molar refractivity (Wildman–Crippen MR) is 62.8 cm³/mol. The van der Waals surface area contributed by atoms with Crippen molar-refractivity contribution in [2.24, 2.45) is 5.73 Å². The molecule has 0 spiro atoms. The molecule has 0 aliphatic heterocycles. The average molecular weight is 256 g/mol. The van der Waals surface area contributed by atoms with E-state index >= 15 is 0 Å². The number of primary amides is 1. The number of halogens is 1. The Bertz CT molecular complexity index is 471. The Hall–Kier alpha value is -2.01. The second-order valence-corrected chi connectivity index (χ2v) is 3.54. The Morgan fingerprint density at radius 3 is 2.76 bits per heavy atom. The molecule has 1 aromatic rings. The molecule has 90 valence electrons. The molecule has 3 N–H and O–H groups in total. The summed E-state index contributed by atoms with van der Waals surface area (Å²) in [4.78, 5) is 21.0. The van der Waals surface area contributed by atoms with E-state index in [2.05, 4.69) is 0 Å². The lowest BCUT2D eigenvalue weighted by Gasteiger charge is -2.07. The maximum atomic E-state index is 10.6. The summed E-state index contributed by atoms with van der Waals surface area (Å²) in [5.41, 5.74) is 5.48. The van der Waals surface area contributed by atoms with Crippen molar-refractivity contribution in [3.05, 3.63) is 34.9 Å². The Labute approximate surface area is 102 Å². The largest absolute Gasteiger partial charge is 0.481 e. The molecule has 0 aromatic heterocycles. The van der Waals surface area contributed by atoms with Crippen molar-refractivity contribution in [2.45, 2.75) is 0 Å². The molecular formula is C11H10ClNO4. The van der Waals surface area contributed by atoms with E-state index in [-0.39, 0.29) is 5.75 Å². The minimum absolute atomic E-state index is 0.275. The molecule has 5 nitrogen and oxygen atoms in total. The summed E-state index contributed by atoms with van der Waals surface area (Å²) < 4.78 is 5.02. The van der Waals surface area contributed by atoms with Crippen LogP contribution in [0.5, 0.6) is 5.75 Å². The molecule has 0 aliphatic carbocycles.